The van der Waals surface area contributed by atoms with Crippen molar-refractivity contribution in [2.75, 3.05) is 25.0 Å². The maximum Gasteiger partial charge on any atom is 0.407 e. The third-order valence-corrected chi connectivity index (χ3v) is 7.19. The Kier molecular flexibility index (Phi) is 8.13. The van der Waals surface area contributed by atoms with E-state index in [-0.39, 0.29) is 29.8 Å². The van der Waals surface area contributed by atoms with Crippen molar-refractivity contribution in [2.45, 2.75) is 51.3 Å². The van der Waals surface area contributed by atoms with E-state index in [1.807, 2.05) is 19.1 Å². The number of halogens is 2. The van der Waals surface area contributed by atoms with Gasteiger partial charge in [-0.3, -0.25) is 9.69 Å². The first-order chi connectivity index (χ1) is 16.8. The molecule has 2 aliphatic rings. The normalized spacial score (nSPS) is 23.1. The van der Waals surface area contributed by atoms with Crippen molar-refractivity contribution in [3.63, 3.8) is 0 Å². The number of hydrogen-bond donors (Lipinski definition) is 2. The van der Waals surface area contributed by atoms with Gasteiger partial charge in [-0.05, 0) is 74.6 Å². The zero-order valence-corrected chi connectivity index (χ0v) is 20.5. The number of nitrogens with zero attached hydrogens (tertiary/aromatic N) is 2. The molecule has 1 atom stereocenters. The molecule has 2 amide bonds. The first kappa shape index (κ1) is 25.3. The van der Waals surface area contributed by atoms with Gasteiger partial charge in [-0.25, -0.2) is 9.18 Å². The summed E-state index contributed by atoms with van der Waals surface area (Å²) in [4.78, 5) is 27.7. The molecule has 0 bridgehead atoms. The first-order valence-corrected chi connectivity index (χ1v) is 12.4. The third kappa shape index (κ3) is 6.64. The molecule has 2 aromatic rings. The number of nitrogens with one attached hydrogen (secondary N) is 1. The standard InChI is InChI=1S/C26H31ClFN3O4/c1-17-15-30(12-13-31(17)26(33)34)16-19-2-7-21(14-24(19)27)29-25(32)18-3-8-22(9-4-18)35-23-10-5-20(28)6-11-23/h2,5-7,10-11,14,17-18,22H,3-4,8-9,12-13,15-16H2,1H3,(H,29,32)(H,33,34)/t17-,18-,22-/m0/s1. The molecule has 1 saturated carbocycles. The average Bonchev–Trinajstić information content (AvgIpc) is 2.82. The molecule has 1 aliphatic heterocycles. The van der Waals surface area contributed by atoms with Crippen LogP contribution < -0.4 is 10.1 Å². The van der Waals surface area contributed by atoms with Gasteiger partial charge in [0.05, 0.1) is 6.10 Å². The maximum absolute atomic E-state index is 13.1. The fourth-order valence-electron chi connectivity index (χ4n) is 4.85. The van der Waals surface area contributed by atoms with Gasteiger partial charge in [0.2, 0.25) is 5.91 Å². The molecular formula is C26H31ClFN3O4. The van der Waals surface area contributed by atoms with Crippen LogP contribution in [0, 0.1) is 11.7 Å². The lowest BCUT2D eigenvalue weighted by molar-refractivity contribution is -0.121. The van der Waals surface area contributed by atoms with Crippen LogP contribution in [0.2, 0.25) is 5.02 Å². The highest BCUT2D eigenvalue weighted by molar-refractivity contribution is 6.31. The molecule has 4 rings (SSSR count). The zero-order valence-electron chi connectivity index (χ0n) is 19.8. The molecule has 9 heteroatoms. The van der Waals surface area contributed by atoms with Crippen molar-refractivity contribution in [1.29, 1.82) is 0 Å². The van der Waals surface area contributed by atoms with E-state index in [4.69, 9.17) is 16.3 Å². The minimum atomic E-state index is -0.885. The molecule has 2 N–H and O–H groups in total. The van der Waals surface area contributed by atoms with Crippen molar-refractivity contribution in [3.05, 3.63) is 58.9 Å². The quantitative estimate of drug-likeness (QED) is 0.563. The van der Waals surface area contributed by atoms with Crippen LogP contribution in [0.1, 0.15) is 38.2 Å². The number of rotatable bonds is 6. The maximum atomic E-state index is 13.1. The van der Waals surface area contributed by atoms with Crippen LogP contribution in [0.4, 0.5) is 14.9 Å². The summed E-state index contributed by atoms with van der Waals surface area (Å²) in [6.45, 7) is 4.30. The Morgan fingerprint density at radius 1 is 1.11 bits per heavy atom. The van der Waals surface area contributed by atoms with Gasteiger partial charge in [0.15, 0.2) is 0 Å². The van der Waals surface area contributed by atoms with Gasteiger partial charge in [0, 0.05) is 48.8 Å². The zero-order chi connectivity index (χ0) is 24.9. The molecule has 1 aliphatic carbocycles. The largest absolute Gasteiger partial charge is 0.490 e. The summed E-state index contributed by atoms with van der Waals surface area (Å²) in [5.74, 6) is 0.243. The van der Waals surface area contributed by atoms with Crippen LogP contribution in [0.3, 0.4) is 0 Å². The summed E-state index contributed by atoms with van der Waals surface area (Å²) in [5, 5.41) is 12.8. The van der Waals surface area contributed by atoms with E-state index < -0.39 is 6.09 Å². The van der Waals surface area contributed by atoms with Crippen molar-refractivity contribution >= 4 is 29.3 Å². The van der Waals surface area contributed by atoms with Gasteiger partial charge >= 0.3 is 6.09 Å². The summed E-state index contributed by atoms with van der Waals surface area (Å²) < 4.78 is 19.0. The molecule has 0 unspecified atom stereocenters. The third-order valence-electron chi connectivity index (χ3n) is 6.83. The van der Waals surface area contributed by atoms with Gasteiger partial charge < -0.3 is 20.1 Å². The average molecular weight is 504 g/mol. The minimum absolute atomic E-state index is 0.0207. The number of piperazine rings is 1. The van der Waals surface area contributed by atoms with E-state index in [9.17, 15) is 19.1 Å². The Morgan fingerprint density at radius 3 is 2.46 bits per heavy atom. The number of ether oxygens (including phenoxy) is 1. The van der Waals surface area contributed by atoms with Gasteiger partial charge in [-0.15, -0.1) is 0 Å². The lowest BCUT2D eigenvalue weighted by Gasteiger charge is -2.38. The summed E-state index contributed by atoms with van der Waals surface area (Å²) in [5.41, 5.74) is 1.61. The molecule has 2 fully saturated rings. The van der Waals surface area contributed by atoms with Crippen LogP contribution in [0.15, 0.2) is 42.5 Å². The Morgan fingerprint density at radius 2 is 1.83 bits per heavy atom. The van der Waals surface area contributed by atoms with E-state index in [0.29, 0.717) is 42.6 Å². The second-order valence-electron chi connectivity index (χ2n) is 9.40. The number of carbonyl (C=O) groups is 2. The summed E-state index contributed by atoms with van der Waals surface area (Å²) in [7, 11) is 0. The van der Waals surface area contributed by atoms with E-state index in [0.717, 1.165) is 31.2 Å². The van der Waals surface area contributed by atoms with Crippen LogP contribution in [0.5, 0.6) is 5.75 Å². The van der Waals surface area contributed by atoms with Crippen LogP contribution >= 0.6 is 11.6 Å². The van der Waals surface area contributed by atoms with Crippen molar-refractivity contribution in [3.8, 4) is 5.75 Å². The van der Waals surface area contributed by atoms with E-state index in [2.05, 4.69) is 10.2 Å². The Balaban J connectivity index is 1.25. The Labute approximate surface area is 209 Å². The molecule has 188 valence electrons. The molecule has 1 heterocycles. The van der Waals surface area contributed by atoms with Crippen molar-refractivity contribution in [2.24, 2.45) is 5.92 Å². The monoisotopic (exact) mass is 503 g/mol. The number of anilines is 1. The van der Waals surface area contributed by atoms with Gasteiger partial charge in [0.25, 0.3) is 0 Å². The lowest BCUT2D eigenvalue weighted by atomic mass is 9.86. The summed E-state index contributed by atoms with van der Waals surface area (Å²) in [6, 6.07) is 11.5. The molecule has 0 aromatic heterocycles. The van der Waals surface area contributed by atoms with Crippen LogP contribution in [-0.4, -0.2) is 58.7 Å². The van der Waals surface area contributed by atoms with Gasteiger partial charge in [-0.1, -0.05) is 17.7 Å². The number of hydrogen-bond acceptors (Lipinski definition) is 4. The van der Waals surface area contributed by atoms with Crippen LogP contribution in [-0.2, 0) is 11.3 Å². The van der Waals surface area contributed by atoms with Gasteiger partial charge in [0.1, 0.15) is 11.6 Å². The molecule has 1 saturated heterocycles. The van der Waals surface area contributed by atoms with Crippen molar-refractivity contribution < 1.29 is 23.8 Å². The second-order valence-corrected chi connectivity index (χ2v) is 9.81. The highest BCUT2D eigenvalue weighted by atomic mass is 35.5. The molecule has 35 heavy (non-hydrogen) atoms. The molecular weight excluding hydrogens is 473 g/mol. The molecule has 2 aromatic carbocycles. The highest BCUT2D eigenvalue weighted by Crippen LogP contribution is 2.30. The van der Waals surface area contributed by atoms with E-state index >= 15 is 0 Å². The summed E-state index contributed by atoms with van der Waals surface area (Å²) >= 11 is 6.52. The first-order valence-electron chi connectivity index (χ1n) is 12.0. The highest BCUT2D eigenvalue weighted by Gasteiger charge is 2.29. The topological polar surface area (TPSA) is 82.1 Å². The Bertz CT molecular complexity index is 1040. The van der Waals surface area contributed by atoms with E-state index in [1.165, 1.54) is 17.0 Å². The van der Waals surface area contributed by atoms with E-state index in [1.54, 1.807) is 18.2 Å². The molecule has 7 nitrogen and oxygen atoms in total. The number of amides is 2. The lowest BCUT2D eigenvalue weighted by Crippen LogP contribution is -2.53. The fraction of sp³-hybridized carbons (Fsp3) is 0.462. The smallest absolute Gasteiger partial charge is 0.407 e. The number of carboxylic acid groups (broad SMARTS) is 1. The Hall–Kier alpha value is -2.84. The SMILES string of the molecule is C[C@H]1CN(Cc2ccc(NC(=O)[C@H]3CC[C@H](Oc4ccc(F)cc4)CC3)cc2Cl)CCN1C(=O)O. The predicted molar refractivity (Wildman–Crippen MR) is 132 cm³/mol. The molecule has 0 radical (unpaired) electrons. The molecule has 0 spiro atoms. The fourth-order valence-corrected chi connectivity index (χ4v) is 5.09. The van der Waals surface area contributed by atoms with Crippen LogP contribution in [0.25, 0.3) is 0 Å². The second kappa shape index (κ2) is 11.3. The summed E-state index contributed by atoms with van der Waals surface area (Å²) in [6.07, 6.45) is 2.13. The minimum Gasteiger partial charge on any atom is -0.490 e. The van der Waals surface area contributed by atoms with Gasteiger partial charge in [-0.2, -0.15) is 0 Å². The number of carbonyl (C=O) groups excluding carboxylic acids is 1. The van der Waals surface area contributed by atoms with Crippen molar-refractivity contribution in [1.82, 2.24) is 9.80 Å². The predicted octanol–water partition coefficient (Wildman–Crippen LogP) is 5.24. The number of benzene rings is 2.